The number of carbonyl (C=O) groups excluding carboxylic acids is 1. The Bertz CT molecular complexity index is 1180. The highest BCUT2D eigenvalue weighted by Crippen LogP contribution is 2.43. The number of halogens is 5. The fourth-order valence-electron chi connectivity index (χ4n) is 3.17. The van der Waals surface area contributed by atoms with Gasteiger partial charge in [-0.15, -0.1) is 0 Å². The molecule has 0 spiro atoms. The van der Waals surface area contributed by atoms with Crippen molar-refractivity contribution in [2.24, 2.45) is 0 Å². The number of hydrogen-bond acceptors (Lipinski definition) is 4. The maximum Gasteiger partial charge on any atom is 0.312 e. The van der Waals surface area contributed by atoms with Gasteiger partial charge in [-0.3, -0.25) is 4.79 Å². The molecular formula is C24H23F5N2O2S. The Hall–Kier alpha value is -2.88. The van der Waals surface area contributed by atoms with Crippen molar-refractivity contribution in [1.29, 1.82) is 0 Å². The van der Waals surface area contributed by atoms with Crippen LogP contribution >= 0.6 is 11.8 Å². The predicted molar refractivity (Wildman–Crippen MR) is 117 cm³/mol. The molecule has 0 radical (unpaired) electrons. The van der Waals surface area contributed by atoms with Crippen LogP contribution in [0.25, 0.3) is 0 Å². The van der Waals surface area contributed by atoms with Crippen LogP contribution in [-0.2, 0) is 16.8 Å². The third kappa shape index (κ3) is 5.43. The second-order valence-electron chi connectivity index (χ2n) is 8.62. The average molecular weight is 499 g/mol. The Morgan fingerprint density at radius 1 is 0.941 bits per heavy atom. The van der Waals surface area contributed by atoms with E-state index >= 15 is 0 Å². The van der Waals surface area contributed by atoms with Crippen molar-refractivity contribution < 1.29 is 31.5 Å². The number of aryl methyl sites for hydroxylation is 2. The number of carbonyl (C=O) groups is 1. The Balaban J connectivity index is 1.91. The lowest BCUT2D eigenvalue weighted by Crippen LogP contribution is -2.25. The number of benzene rings is 2. The van der Waals surface area contributed by atoms with Gasteiger partial charge in [0.1, 0.15) is 0 Å². The SMILES string of the molecule is Cc1nn(C(C)(C)C)c(OC(=O)CCCc2ccccc2)c1Sc1c(F)c(F)c(F)c(F)c1F. The quantitative estimate of drug-likeness (QED) is 0.157. The maximum atomic E-state index is 14.3. The Labute approximate surface area is 198 Å². The molecule has 0 N–H and O–H groups in total. The standard InChI is InChI=1S/C24H23F5N2O2S/c1-13-21(34-22-19(28)17(26)16(25)18(27)20(22)29)23(31(30-13)24(2,3)4)33-15(32)12-8-11-14-9-6-5-7-10-14/h5-7,9-10H,8,11-12H2,1-4H3. The van der Waals surface area contributed by atoms with Crippen LogP contribution in [-0.4, -0.2) is 15.7 Å². The van der Waals surface area contributed by atoms with E-state index in [0.29, 0.717) is 12.8 Å². The van der Waals surface area contributed by atoms with E-state index < -0.39 is 45.5 Å². The van der Waals surface area contributed by atoms with Crippen molar-refractivity contribution in [2.45, 2.75) is 62.3 Å². The predicted octanol–water partition coefficient (Wildman–Crippen LogP) is 6.72. The van der Waals surface area contributed by atoms with Gasteiger partial charge in [0.15, 0.2) is 23.3 Å². The van der Waals surface area contributed by atoms with E-state index in [1.807, 2.05) is 30.3 Å². The lowest BCUT2D eigenvalue weighted by Gasteiger charge is -2.22. The topological polar surface area (TPSA) is 44.1 Å². The molecule has 0 bridgehead atoms. The van der Waals surface area contributed by atoms with Crippen molar-refractivity contribution in [1.82, 2.24) is 9.78 Å². The zero-order valence-corrected chi connectivity index (χ0v) is 19.8. The second-order valence-corrected chi connectivity index (χ2v) is 9.64. The van der Waals surface area contributed by atoms with Crippen molar-refractivity contribution in [2.75, 3.05) is 0 Å². The van der Waals surface area contributed by atoms with Gasteiger partial charge in [-0.05, 0) is 46.1 Å². The summed E-state index contributed by atoms with van der Waals surface area (Å²) in [6.45, 7) is 6.78. The number of rotatable bonds is 7. The summed E-state index contributed by atoms with van der Waals surface area (Å²) in [7, 11) is 0. The van der Waals surface area contributed by atoms with E-state index in [2.05, 4.69) is 5.10 Å². The first-order chi connectivity index (χ1) is 15.9. The molecule has 0 aliphatic rings. The fraction of sp³-hybridized carbons (Fsp3) is 0.333. The molecule has 3 aromatic rings. The average Bonchev–Trinajstić information content (AvgIpc) is 3.10. The summed E-state index contributed by atoms with van der Waals surface area (Å²) in [6.07, 6.45) is 1.18. The second kappa shape index (κ2) is 10.2. The number of nitrogens with zero attached hydrogens (tertiary/aromatic N) is 2. The molecule has 0 saturated carbocycles. The minimum absolute atomic E-state index is 0.0189. The van der Waals surface area contributed by atoms with Crippen molar-refractivity contribution >= 4 is 17.7 Å². The number of esters is 1. The molecule has 1 aromatic heterocycles. The summed E-state index contributed by atoms with van der Waals surface area (Å²) >= 11 is 0.274. The normalized spacial score (nSPS) is 11.7. The molecule has 4 nitrogen and oxygen atoms in total. The molecule has 182 valence electrons. The van der Waals surface area contributed by atoms with Gasteiger partial charge < -0.3 is 4.74 Å². The monoisotopic (exact) mass is 498 g/mol. The Morgan fingerprint density at radius 2 is 1.50 bits per heavy atom. The van der Waals surface area contributed by atoms with E-state index in [1.165, 1.54) is 11.6 Å². The number of hydrogen-bond donors (Lipinski definition) is 0. The molecule has 2 aromatic carbocycles. The van der Waals surface area contributed by atoms with Gasteiger partial charge in [-0.1, -0.05) is 42.1 Å². The fourth-order valence-corrected chi connectivity index (χ4v) is 4.14. The summed E-state index contributed by atoms with van der Waals surface area (Å²) < 4.78 is 76.4. The molecule has 0 aliphatic carbocycles. The highest BCUT2D eigenvalue weighted by molar-refractivity contribution is 7.99. The van der Waals surface area contributed by atoms with Crippen molar-refractivity contribution in [3.8, 4) is 5.88 Å². The third-order valence-electron chi connectivity index (χ3n) is 4.87. The Morgan fingerprint density at radius 3 is 2.06 bits per heavy atom. The van der Waals surface area contributed by atoms with Crippen molar-refractivity contribution in [3.63, 3.8) is 0 Å². The van der Waals surface area contributed by atoms with Gasteiger partial charge >= 0.3 is 5.97 Å². The van der Waals surface area contributed by atoms with E-state index in [1.54, 1.807) is 20.8 Å². The van der Waals surface area contributed by atoms with Crippen LogP contribution in [0.15, 0.2) is 40.1 Å². The zero-order valence-electron chi connectivity index (χ0n) is 19.0. The lowest BCUT2D eigenvalue weighted by atomic mass is 10.1. The van der Waals surface area contributed by atoms with Crippen LogP contribution in [0, 0.1) is 36.0 Å². The van der Waals surface area contributed by atoms with E-state index in [-0.39, 0.29) is 34.7 Å². The molecule has 1 heterocycles. The first kappa shape index (κ1) is 25.7. The molecule has 0 fully saturated rings. The molecule has 0 unspecified atom stereocenters. The maximum absolute atomic E-state index is 14.3. The largest absolute Gasteiger partial charge is 0.406 e. The highest BCUT2D eigenvalue weighted by atomic mass is 32.2. The molecule has 0 aliphatic heterocycles. The number of aromatic nitrogens is 2. The molecule has 10 heteroatoms. The van der Waals surface area contributed by atoms with Gasteiger partial charge in [0.05, 0.1) is 21.0 Å². The number of ether oxygens (including phenoxy) is 1. The van der Waals surface area contributed by atoms with E-state index in [4.69, 9.17) is 4.74 Å². The zero-order chi connectivity index (χ0) is 25.2. The molecule has 0 amide bonds. The summed E-state index contributed by atoms with van der Waals surface area (Å²) in [5.41, 5.74) is 0.545. The summed E-state index contributed by atoms with van der Waals surface area (Å²) in [6, 6.07) is 9.53. The van der Waals surface area contributed by atoms with E-state index in [9.17, 15) is 26.7 Å². The lowest BCUT2D eigenvalue weighted by molar-refractivity contribution is -0.135. The van der Waals surface area contributed by atoms with E-state index in [0.717, 1.165) is 5.56 Å². The molecule has 0 saturated heterocycles. The molecule has 0 atom stereocenters. The van der Waals surface area contributed by atoms with Gasteiger partial charge in [-0.25, -0.2) is 26.6 Å². The van der Waals surface area contributed by atoms with Gasteiger partial charge in [-0.2, -0.15) is 5.10 Å². The van der Waals surface area contributed by atoms with Gasteiger partial charge in [0.2, 0.25) is 11.7 Å². The summed E-state index contributed by atoms with van der Waals surface area (Å²) in [5, 5.41) is 4.29. The van der Waals surface area contributed by atoms with Gasteiger partial charge in [0, 0.05) is 6.42 Å². The minimum Gasteiger partial charge on any atom is -0.406 e. The molecule has 3 rings (SSSR count). The van der Waals surface area contributed by atoms with Crippen LogP contribution in [0.5, 0.6) is 5.88 Å². The van der Waals surface area contributed by atoms with Crippen LogP contribution < -0.4 is 4.74 Å². The Kier molecular flexibility index (Phi) is 7.70. The van der Waals surface area contributed by atoms with Crippen LogP contribution in [0.1, 0.15) is 44.9 Å². The minimum atomic E-state index is -2.24. The van der Waals surface area contributed by atoms with Crippen LogP contribution in [0.4, 0.5) is 22.0 Å². The molecule has 34 heavy (non-hydrogen) atoms. The first-order valence-electron chi connectivity index (χ1n) is 10.5. The highest BCUT2D eigenvalue weighted by Gasteiger charge is 2.31. The van der Waals surface area contributed by atoms with Crippen molar-refractivity contribution in [3.05, 3.63) is 70.7 Å². The molecular weight excluding hydrogens is 475 g/mol. The third-order valence-corrected chi connectivity index (χ3v) is 6.11. The first-order valence-corrected chi connectivity index (χ1v) is 11.3. The van der Waals surface area contributed by atoms with Crippen LogP contribution in [0.3, 0.4) is 0 Å². The summed E-state index contributed by atoms with van der Waals surface area (Å²) in [4.78, 5) is 11.5. The summed E-state index contributed by atoms with van der Waals surface area (Å²) in [5.74, 6) is -11.0. The smallest absolute Gasteiger partial charge is 0.312 e. The van der Waals surface area contributed by atoms with Gasteiger partial charge in [0.25, 0.3) is 0 Å². The van der Waals surface area contributed by atoms with Crippen LogP contribution in [0.2, 0.25) is 0 Å².